The first-order valence-corrected chi connectivity index (χ1v) is 7.30. The molecule has 100 valence electrons. The molecule has 0 amide bonds. The third-order valence-electron chi connectivity index (χ3n) is 3.06. The summed E-state index contributed by atoms with van der Waals surface area (Å²) < 4.78 is 1.13. The van der Waals surface area contributed by atoms with Gasteiger partial charge in [0.15, 0.2) is 0 Å². The summed E-state index contributed by atoms with van der Waals surface area (Å²) in [6.07, 6.45) is 1.05. The van der Waals surface area contributed by atoms with Crippen molar-refractivity contribution in [1.82, 2.24) is 5.32 Å². The molecular formula is C16H19BrN2. The smallest absolute Gasteiger partial charge is 0.0205 e. The van der Waals surface area contributed by atoms with Crippen LogP contribution >= 0.6 is 15.9 Å². The van der Waals surface area contributed by atoms with Crippen LogP contribution in [0.5, 0.6) is 0 Å². The van der Waals surface area contributed by atoms with Crippen LogP contribution < -0.4 is 11.1 Å². The van der Waals surface area contributed by atoms with E-state index in [4.69, 9.17) is 5.73 Å². The van der Waals surface area contributed by atoms with Gasteiger partial charge in [-0.15, -0.1) is 0 Å². The number of halogens is 1. The first kappa shape index (κ1) is 14.3. The van der Waals surface area contributed by atoms with Gasteiger partial charge in [0.1, 0.15) is 0 Å². The topological polar surface area (TPSA) is 38.0 Å². The molecule has 0 unspecified atom stereocenters. The molecule has 0 aliphatic heterocycles. The Labute approximate surface area is 123 Å². The van der Waals surface area contributed by atoms with E-state index in [0.29, 0.717) is 6.54 Å². The summed E-state index contributed by atoms with van der Waals surface area (Å²) in [7, 11) is 0. The average molecular weight is 319 g/mol. The minimum atomic E-state index is 0.604. The first-order valence-electron chi connectivity index (χ1n) is 6.51. The number of hydrogen-bond acceptors (Lipinski definition) is 2. The monoisotopic (exact) mass is 318 g/mol. The average Bonchev–Trinajstić information content (AvgIpc) is 2.46. The molecule has 3 N–H and O–H groups in total. The van der Waals surface area contributed by atoms with E-state index in [-0.39, 0.29) is 0 Å². The van der Waals surface area contributed by atoms with Gasteiger partial charge in [-0.05, 0) is 41.8 Å². The Morgan fingerprint density at radius 1 is 0.947 bits per heavy atom. The highest BCUT2D eigenvalue weighted by atomic mass is 79.9. The molecule has 0 aliphatic carbocycles. The van der Waals surface area contributed by atoms with Gasteiger partial charge in [-0.25, -0.2) is 0 Å². The zero-order chi connectivity index (χ0) is 13.5. The van der Waals surface area contributed by atoms with Crippen molar-refractivity contribution >= 4 is 15.9 Å². The molecule has 0 bridgehead atoms. The van der Waals surface area contributed by atoms with E-state index in [1.807, 2.05) is 0 Å². The number of benzene rings is 2. The number of rotatable bonds is 6. The highest BCUT2D eigenvalue weighted by Crippen LogP contribution is 2.10. The van der Waals surface area contributed by atoms with Gasteiger partial charge in [-0.3, -0.25) is 0 Å². The fourth-order valence-corrected chi connectivity index (χ4v) is 2.25. The Kier molecular flexibility index (Phi) is 5.58. The van der Waals surface area contributed by atoms with Gasteiger partial charge in [0.05, 0.1) is 0 Å². The normalized spacial score (nSPS) is 10.6. The fourth-order valence-electron chi connectivity index (χ4n) is 1.98. The van der Waals surface area contributed by atoms with Gasteiger partial charge in [-0.2, -0.15) is 0 Å². The molecule has 0 radical (unpaired) electrons. The molecule has 0 aliphatic rings. The van der Waals surface area contributed by atoms with Gasteiger partial charge in [0, 0.05) is 17.6 Å². The van der Waals surface area contributed by atoms with Crippen molar-refractivity contribution in [1.29, 1.82) is 0 Å². The second-order valence-corrected chi connectivity index (χ2v) is 5.49. The third kappa shape index (κ3) is 4.78. The van der Waals surface area contributed by atoms with Crippen LogP contribution in [0, 0.1) is 0 Å². The SMILES string of the molecule is NCc1cccc(CNCCc2ccc(Br)cc2)c1. The van der Waals surface area contributed by atoms with Gasteiger partial charge < -0.3 is 11.1 Å². The second kappa shape index (κ2) is 7.43. The van der Waals surface area contributed by atoms with Crippen LogP contribution in [0.15, 0.2) is 53.0 Å². The van der Waals surface area contributed by atoms with Crippen molar-refractivity contribution in [2.75, 3.05) is 6.54 Å². The Hall–Kier alpha value is -1.16. The molecule has 0 saturated heterocycles. The molecule has 0 saturated carbocycles. The maximum Gasteiger partial charge on any atom is 0.0205 e. The van der Waals surface area contributed by atoms with Crippen LogP contribution in [0.4, 0.5) is 0 Å². The van der Waals surface area contributed by atoms with Crippen molar-refractivity contribution < 1.29 is 0 Å². The summed E-state index contributed by atoms with van der Waals surface area (Å²) in [6, 6.07) is 16.9. The van der Waals surface area contributed by atoms with Crippen LogP contribution in [0.25, 0.3) is 0 Å². The summed E-state index contributed by atoms with van der Waals surface area (Å²) in [5.41, 5.74) is 9.47. The number of hydrogen-bond donors (Lipinski definition) is 2. The molecule has 0 atom stereocenters. The first-order chi connectivity index (χ1) is 9.28. The van der Waals surface area contributed by atoms with E-state index < -0.39 is 0 Å². The van der Waals surface area contributed by atoms with Crippen molar-refractivity contribution in [2.24, 2.45) is 5.73 Å². The largest absolute Gasteiger partial charge is 0.326 e. The minimum Gasteiger partial charge on any atom is -0.326 e. The predicted octanol–water partition coefficient (Wildman–Crippen LogP) is 3.24. The van der Waals surface area contributed by atoms with Gasteiger partial charge in [-0.1, -0.05) is 52.3 Å². The molecule has 19 heavy (non-hydrogen) atoms. The van der Waals surface area contributed by atoms with Crippen molar-refractivity contribution in [3.8, 4) is 0 Å². The van der Waals surface area contributed by atoms with E-state index in [1.54, 1.807) is 0 Å². The molecule has 2 aromatic carbocycles. The second-order valence-electron chi connectivity index (χ2n) is 4.58. The Morgan fingerprint density at radius 2 is 1.68 bits per heavy atom. The zero-order valence-electron chi connectivity index (χ0n) is 10.9. The molecule has 2 rings (SSSR count). The quantitative estimate of drug-likeness (QED) is 0.802. The van der Waals surface area contributed by atoms with Crippen molar-refractivity contribution in [2.45, 2.75) is 19.5 Å². The van der Waals surface area contributed by atoms with Crippen LogP contribution in [-0.2, 0) is 19.5 Å². The van der Waals surface area contributed by atoms with Crippen LogP contribution in [-0.4, -0.2) is 6.54 Å². The maximum absolute atomic E-state index is 5.64. The van der Waals surface area contributed by atoms with Gasteiger partial charge >= 0.3 is 0 Å². The summed E-state index contributed by atoms with van der Waals surface area (Å²) >= 11 is 3.45. The molecule has 0 spiro atoms. The van der Waals surface area contributed by atoms with Gasteiger partial charge in [0.2, 0.25) is 0 Å². The van der Waals surface area contributed by atoms with E-state index in [2.05, 4.69) is 69.8 Å². The molecule has 0 fully saturated rings. The lowest BCUT2D eigenvalue weighted by atomic mass is 10.1. The Bertz CT molecular complexity index is 508. The molecular weight excluding hydrogens is 300 g/mol. The third-order valence-corrected chi connectivity index (χ3v) is 3.59. The molecule has 0 heterocycles. The van der Waals surface area contributed by atoms with Gasteiger partial charge in [0.25, 0.3) is 0 Å². The molecule has 2 aromatic rings. The molecule has 0 aromatic heterocycles. The highest BCUT2D eigenvalue weighted by Gasteiger charge is 1.96. The van der Waals surface area contributed by atoms with E-state index in [9.17, 15) is 0 Å². The summed E-state index contributed by atoms with van der Waals surface area (Å²) in [5.74, 6) is 0. The molecule has 3 heteroatoms. The van der Waals surface area contributed by atoms with Crippen LogP contribution in [0.3, 0.4) is 0 Å². The predicted molar refractivity (Wildman–Crippen MR) is 83.9 cm³/mol. The van der Waals surface area contributed by atoms with Crippen molar-refractivity contribution in [3.05, 3.63) is 69.7 Å². The fraction of sp³-hybridized carbons (Fsp3) is 0.250. The lowest BCUT2D eigenvalue weighted by Crippen LogP contribution is -2.16. The summed E-state index contributed by atoms with van der Waals surface area (Å²) in [4.78, 5) is 0. The Morgan fingerprint density at radius 3 is 2.42 bits per heavy atom. The number of nitrogens with one attached hydrogen (secondary N) is 1. The van der Waals surface area contributed by atoms with E-state index in [0.717, 1.165) is 24.0 Å². The summed E-state index contributed by atoms with van der Waals surface area (Å²) in [6.45, 7) is 2.48. The highest BCUT2D eigenvalue weighted by molar-refractivity contribution is 9.10. The van der Waals surface area contributed by atoms with Crippen LogP contribution in [0.2, 0.25) is 0 Å². The number of nitrogens with two attached hydrogens (primary N) is 1. The maximum atomic E-state index is 5.64. The molecule has 2 nitrogen and oxygen atoms in total. The Balaban J connectivity index is 1.75. The van der Waals surface area contributed by atoms with E-state index in [1.165, 1.54) is 16.7 Å². The van der Waals surface area contributed by atoms with Crippen molar-refractivity contribution in [3.63, 3.8) is 0 Å². The van der Waals surface area contributed by atoms with E-state index >= 15 is 0 Å². The lowest BCUT2D eigenvalue weighted by molar-refractivity contribution is 0.686. The van der Waals surface area contributed by atoms with Crippen LogP contribution in [0.1, 0.15) is 16.7 Å². The zero-order valence-corrected chi connectivity index (χ0v) is 12.5. The lowest BCUT2D eigenvalue weighted by Gasteiger charge is -2.06. The standard InChI is InChI=1S/C16H19BrN2/c17-16-6-4-13(5-7-16)8-9-19-12-15-3-1-2-14(10-15)11-18/h1-7,10,19H,8-9,11-12,18H2. The summed E-state index contributed by atoms with van der Waals surface area (Å²) in [5, 5.41) is 3.46. The minimum absolute atomic E-state index is 0.604.